The highest BCUT2D eigenvalue weighted by Crippen LogP contribution is 2.25. The molecule has 0 N–H and O–H groups in total. The first-order valence-electron chi connectivity index (χ1n) is 7.82. The Morgan fingerprint density at radius 1 is 0.615 bits per heavy atom. The lowest BCUT2D eigenvalue weighted by atomic mass is 9.98. The van der Waals surface area contributed by atoms with Gasteiger partial charge in [-0.1, -0.05) is 0 Å². The Balaban J connectivity index is 1.84. The van der Waals surface area contributed by atoms with Gasteiger partial charge >= 0.3 is 0 Å². The third kappa shape index (κ3) is 2.93. The van der Waals surface area contributed by atoms with Crippen molar-refractivity contribution < 1.29 is 4.79 Å². The molecule has 4 rings (SSSR count). The molecule has 0 saturated heterocycles. The van der Waals surface area contributed by atoms with Crippen LogP contribution >= 0.6 is 0 Å². The SMILES string of the molecule is O=C(c1cccnc1-c1ccncn1)c1cccnc1-c1ccncn1. The van der Waals surface area contributed by atoms with E-state index < -0.39 is 0 Å². The Morgan fingerprint density at radius 3 is 1.54 bits per heavy atom. The van der Waals surface area contributed by atoms with Crippen molar-refractivity contribution in [3.05, 3.63) is 85.0 Å². The van der Waals surface area contributed by atoms with Crippen molar-refractivity contribution in [1.82, 2.24) is 29.9 Å². The third-order valence-electron chi connectivity index (χ3n) is 3.75. The molecule has 0 atom stereocenters. The van der Waals surface area contributed by atoms with Gasteiger partial charge in [-0.2, -0.15) is 0 Å². The third-order valence-corrected chi connectivity index (χ3v) is 3.75. The number of hydrogen-bond acceptors (Lipinski definition) is 7. The largest absolute Gasteiger partial charge is 0.288 e. The molecule has 124 valence electrons. The Kier molecular flexibility index (Phi) is 4.17. The van der Waals surface area contributed by atoms with E-state index in [0.29, 0.717) is 33.9 Å². The lowest BCUT2D eigenvalue weighted by Crippen LogP contribution is -2.08. The van der Waals surface area contributed by atoms with Crippen LogP contribution in [0.2, 0.25) is 0 Å². The summed E-state index contributed by atoms with van der Waals surface area (Å²) in [5.74, 6) is -0.201. The van der Waals surface area contributed by atoms with Crippen molar-refractivity contribution in [2.75, 3.05) is 0 Å². The summed E-state index contributed by atoms with van der Waals surface area (Å²) in [6.07, 6.45) is 9.33. The fourth-order valence-corrected chi connectivity index (χ4v) is 2.59. The number of carbonyl (C=O) groups excluding carboxylic acids is 1. The normalized spacial score (nSPS) is 10.5. The zero-order valence-electron chi connectivity index (χ0n) is 13.5. The number of hydrogen-bond donors (Lipinski definition) is 0. The monoisotopic (exact) mass is 340 g/mol. The molecule has 0 aromatic carbocycles. The molecule has 4 aromatic heterocycles. The molecule has 4 heterocycles. The number of rotatable bonds is 4. The van der Waals surface area contributed by atoms with Crippen molar-refractivity contribution in [2.24, 2.45) is 0 Å². The standard InChI is InChI=1S/C19H12N6O/c26-19(13-3-1-7-22-17(13)15-5-9-20-11-24-15)14-4-2-8-23-18(14)16-6-10-21-12-25-16/h1-12H. The summed E-state index contributed by atoms with van der Waals surface area (Å²) in [5, 5.41) is 0. The minimum absolute atomic E-state index is 0.201. The number of carbonyl (C=O) groups is 1. The van der Waals surface area contributed by atoms with Crippen LogP contribution in [0.15, 0.2) is 73.8 Å². The van der Waals surface area contributed by atoms with Crippen LogP contribution in [0.5, 0.6) is 0 Å². The van der Waals surface area contributed by atoms with Crippen LogP contribution in [0.25, 0.3) is 22.8 Å². The molecule has 0 radical (unpaired) electrons. The second-order valence-corrected chi connectivity index (χ2v) is 5.32. The summed E-state index contributed by atoms with van der Waals surface area (Å²) >= 11 is 0. The Labute approximate surface area is 148 Å². The molecule has 0 bridgehead atoms. The number of aromatic nitrogens is 6. The first kappa shape index (κ1) is 15.6. The maximum absolute atomic E-state index is 13.3. The van der Waals surface area contributed by atoms with Gasteiger partial charge in [0.15, 0.2) is 5.78 Å². The zero-order valence-corrected chi connectivity index (χ0v) is 13.5. The highest BCUT2D eigenvalue weighted by atomic mass is 16.1. The molecule has 0 spiro atoms. The minimum Gasteiger partial charge on any atom is -0.288 e. The number of nitrogens with zero attached hydrogens (tertiary/aromatic N) is 6. The molecule has 4 aromatic rings. The molecule has 0 saturated carbocycles. The summed E-state index contributed by atoms with van der Waals surface area (Å²) in [7, 11) is 0. The van der Waals surface area contributed by atoms with Gasteiger partial charge in [0, 0.05) is 24.8 Å². The summed E-state index contributed by atoms with van der Waals surface area (Å²) in [6, 6.07) is 10.3. The topological polar surface area (TPSA) is 94.4 Å². The van der Waals surface area contributed by atoms with Crippen LogP contribution in [-0.4, -0.2) is 35.7 Å². The van der Waals surface area contributed by atoms with E-state index in [9.17, 15) is 4.79 Å². The summed E-state index contributed by atoms with van der Waals surface area (Å²) in [5.41, 5.74) is 3.03. The second-order valence-electron chi connectivity index (χ2n) is 5.32. The highest BCUT2D eigenvalue weighted by Gasteiger charge is 2.20. The fraction of sp³-hybridized carbons (Fsp3) is 0. The van der Waals surface area contributed by atoms with Crippen molar-refractivity contribution >= 4 is 5.78 Å². The maximum Gasteiger partial charge on any atom is 0.197 e. The van der Waals surface area contributed by atoms with Crippen LogP contribution in [-0.2, 0) is 0 Å². The van der Waals surface area contributed by atoms with Crippen molar-refractivity contribution in [3.8, 4) is 22.8 Å². The Hall–Kier alpha value is -3.87. The summed E-state index contributed by atoms with van der Waals surface area (Å²) < 4.78 is 0. The van der Waals surface area contributed by atoms with Crippen molar-refractivity contribution in [2.45, 2.75) is 0 Å². The van der Waals surface area contributed by atoms with E-state index in [1.54, 1.807) is 61.2 Å². The van der Waals surface area contributed by atoms with Gasteiger partial charge in [-0.15, -0.1) is 0 Å². The van der Waals surface area contributed by atoms with E-state index >= 15 is 0 Å². The van der Waals surface area contributed by atoms with Crippen LogP contribution in [0.1, 0.15) is 15.9 Å². The molecular weight excluding hydrogens is 328 g/mol. The fourth-order valence-electron chi connectivity index (χ4n) is 2.59. The predicted octanol–water partition coefficient (Wildman–Crippen LogP) is 2.62. The van der Waals surface area contributed by atoms with E-state index in [2.05, 4.69) is 29.9 Å². The molecule has 0 fully saturated rings. The first-order valence-corrected chi connectivity index (χ1v) is 7.82. The predicted molar refractivity (Wildman–Crippen MR) is 94.0 cm³/mol. The van der Waals surface area contributed by atoms with Crippen LogP contribution < -0.4 is 0 Å². The van der Waals surface area contributed by atoms with Crippen LogP contribution in [0, 0.1) is 0 Å². The smallest absolute Gasteiger partial charge is 0.197 e. The average molecular weight is 340 g/mol. The van der Waals surface area contributed by atoms with E-state index in [-0.39, 0.29) is 5.78 Å². The molecule has 0 aliphatic heterocycles. The maximum atomic E-state index is 13.3. The first-order chi connectivity index (χ1) is 12.8. The minimum atomic E-state index is -0.201. The quantitative estimate of drug-likeness (QED) is 0.527. The molecule has 0 amide bonds. The second kappa shape index (κ2) is 6.94. The van der Waals surface area contributed by atoms with Gasteiger partial charge in [-0.3, -0.25) is 14.8 Å². The summed E-state index contributed by atoms with van der Waals surface area (Å²) in [6.45, 7) is 0. The molecule has 7 nitrogen and oxygen atoms in total. The lowest BCUT2D eigenvalue weighted by Gasteiger charge is -2.10. The molecule has 7 heteroatoms. The lowest BCUT2D eigenvalue weighted by molar-refractivity contribution is 0.103. The molecule has 26 heavy (non-hydrogen) atoms. The van der Waals surface area contributed by atoms with Gasteiger partial charge in [0.2, 0.25) is 0 Å². The molecule has 0 aliphatic rings. The van der Waals surface area contributed by atoms with Crippen LogP contribution in [0.3, 0.4) is 0 Å². The van der Waals surface area contributed by atoms with Crippen molar-refractivity contribution in [3.63, 3.8) is 0 Å². The summed E-state index contributed by atoms with van der Waals surface area (Å²) in [4.78, 5) is 38.2. The van der Waals surface area contributed by atoms with Gasteiger partial charge in [-0.25, -0.2) is 19.9 Å². The van der Waals surface area contributed by atoms with Gasteiger partial charge in [0.05, 0.1) is 33.9 Å². The van der Waals surface area contributed by atoms with Gasteiger partial charge in [-0.05, 0) is 36.4 Å². The van der Waals surface area contributed by atoms with Crippen LogP contribution in [0.4, 0.5) is 0 Å². The van der Waals surface area contributed by atoms with E-state index in [0.717, 1.165) is 0 Å². The highest BCUT2D eigenvalue weighted by molar-refractivity contribution is 6.14. The molecule has 0 unspecified atom stereocenters. The molecule has 0 aliphatic carbocycles. The van der Waals surface area contributed by atoms with E-state index in [1.807, 2.05) is 0 Å². The van der Waals surface area contributed by atoms with Gasteiger partial charge in [0.1, 0.15) is 12.7 Å². The van der Waals surface area contributed by atoms with Gasteiger partial charge in [0.25, 0.3) is 0 Å². The number of ketones is 1. The average Bonchev–Trinajstić information content (AvgIpc) is 2.74. The Bertz CT molecular complexity index is 969. The van der Waals surface area contributed by atoms with Gasteiger partial charge < -0.3 is 0 Å². The Morgan fingerprint density at radius 2 is 1.12 bits per heavy atom. The van der Waals surface area contributed by atoms with E-state index in [1.165, 1.54) is 12.7 Å². The molecular formula is C19H12N6O. The zero-order chi connectivity index (χ0) is 17.8. The van der Waals surface area contributed by atoms with E-state index in [4.69, 9.17) is 0 Å². The van der Waals surface area contributed by atoms with Crippen molar-refractivity contribution in [1.29, 1.82) is 0 Å². The number of pyridine rings is 2.